The van der Waals surface area contributed by atoms with Gasteiger partial charge in [0.1, 0.15) is 11.6 Å². The van der Waals surface area contributed by atoms with E-state index in [1.165, 1.54) is 0 Å². The van der Waals surface area contributed by atoms with Crippen molar-refractivity contribution >= 4 is 0 Å². The lowest BCUT2D eigenvalue weighted by Gasteiger charge is -2.10. The molecule has 1 N–H and O–H groups in total. The number of hydrogen-bond donors (Lipinski definition) is 1. The quantitative estimate of drug-likeness (QED) is 0.629. The Morgan fingerprint density at radius 2 is 1.77 bits per heavy atom. The zero-order valence-corrected chi connectivity index (χ0v) is 6.61. The molecule has 0 atom stereocenters. The van der Waals surface area contributed by atoms with Crippen molar-refractivity contribution in [2.45, 2.75) is 13.1 Å². The molecule has 0 aliphatic carbocycles. The first-order chi connectivity index (χ1) is 5.82. The molecule has 13 heavy (non-hydrogen) atoms. The Kier molecular flexibility index (Phi) is 2.19. The van der Waals surface area contributed by atoms with Crippen molar-refractivity contribution in [2.75, 3.05) is 0 Å². The third-order valence-corrected chi connectivity index (χ3v) is 1.63. The first-order valence-electron chi connectivity index (χ1n) is 3.38. The molecule has 0 fully saturated rings. The van der Waals surface area contributed by atoms with Gasteiger partial charge in [-0.05, 0) is 18.6 Å². The van der Waals surface area contributed by atoms with Crippen LogP contribution in [0.5, 0.6) is 5.75 Å². The van der Waals surface area contributed by atoms with Gasteiger partial charge in [0.05, 0.1) is 5.56 Å². The van der Waals surface area contributed by atoms with Gasteiger partial charge in [-0.3, -0.25) is 0 Å². The van der Waals surface area contributed by atoms with Gasteiger partial charge in [0.15, 0.2) is 0 Å². The number of benzene rings is 1. The summed E-state index contributed by atoms with van der Waals surface area (Å²) in [6.45, 7) is 1.01. The van der Waals surface area contributed by atoms with Gasteiger partial charge in [0, 0.05) is 6.07 Å². The highest BCUT2D eigenvalue weighted by Crippen LogP contribution is 2.34. The van der Waals surface area contributed by atoms with E-state index in [0.29, 0.717) is 12.1 Å². The van der Waals surface area contributed by atoms with Crippen LogP contribution in [0, 0.1) is 12.7 Å². The van der Waals surface area contributed by atoms with E-state index in [-0.39, 0.29) is 0 Å². The van der Waals surface area contributed by atoms with E-state index in [1.54, 1.807) is 0 Å². The molecular formula is C8H6F4O. The summed E-state index contributed by atoms with van der Waals surface area (Å²) in [6, 6.07) is 1.14. The topological polar surface area (TPSA) is 20.2 Å². The maximum Gasteiger partial charge on any atom is 0.416 e. The van der Waals surface area contributed by atoms with Gasteiger partial charge in [-0.25, -0.2) is 4.39 Å². The van der Waals surface area contributed by atoms with Crippen molar-refractivity contribution in [1.29, 1.82) is 0 Å². The van der Waals surface area contributed by atoms with Crippen molar-refractivity contribution in [2.24, 2.45) is 0 Å². The Morgan fingerprint density at radius 1 is 1.23 bits per heavy atom. The summed E-state index contributed by atoms with van der Waals surface area (Å²) in [5.41, 5.74) is -1.66. The summed E-state index contributed by atoms with van der Waals surface area (Å²) >= 11 is 0. The van der Waals surface area contributed by atoms with Crippen LogP contribution in [0.4, 0.5) is 17.6 Å². The number of hydrogen-bond acceptors (Lipinski definition) is 1. The van der Waals surface area contributed by atoms with Crippen molar-refractivity contribution in [3.8, 4) is 5.75 Å². The van der Waals surface area contributed by atoms with Crippen LogP contribution in [-0.2, 0) is 6.18 Å². The van der Waals surface area contributed by atoms with Gasteiger partial charge in [-0.2, -0.15) is 13.2 Å². The molecule has 0 heterocycles. The molecule has 0 aliphatic rings. The van der Waals surface area contributed by atoms with E-state index in [9.17, 15) is 17.6 Å². The lowest BCUT2D eigenvalue weighted by Crippen LogP contribution is -2.08. The molecule has 1 nitrogen and oxygen atoms in total. The Morgan fingerprint density at radius 3 is 2.23 bits per heavy atom. The van der Waals surface area contributed by atoms with Crippen molar-refractivity contribution in [3.63, 3.8) is 0 Å². The van der Waals surface area contributed by atoms with Crippen LogP contribution in [-0.4, -0.2) is 5.11 Å². The Labute approximate surface area is 71.6 Å². The molecule has 0 aromatic heterocycles. The van der Waals surface area contributed by atoms with E-state index in [0.717, 1.165) is 6.92 Å². The second-order valence-corrected chi connectivity index (χ2v) is 2.60. The largest absolute Gasteiger partial charge is 0.508 e. The summed E-state index contributed by atoms with van der Waals surface area (Å²) in [5.74, 6) is -1.79. The maximum absolute atomic E-state index is 12.7. The smallest absolute Gasteiger partial charge is 0.416 e. The Bertz CT molecular complexity index is 330. The first kappa shape index (κ1) is 9.83. The highest BCUT2D eigenvalue weighted by molar-refractivity contribution is 5.37. The van der Waals surface area contributed by atoms with E-state index in [1.807, 2.05) is 0 Å². The summed E-state index contributed by atoms with van der Waals surface area (Å²) in [7, 11) is 0. The van der Waals surface area contributed by atoms with Crippen LogP contribution in [0.1, 0.15) is 11.1 Å². The maximum atomic E-state index is 12.7. The first-order valence-corrected chi connectivity index (χ1v) is 3.38. The predicted octanol–water partition coefficient (Wildman–Crippen LogP) is 2.86. The van der Waals surface area contributed by atoms with Gasteiger partial charge in [-0.1, -0.05) is 0 Å². The van der Waals surface area contributed by atoms with E-state index in [2.05, 4.69) is 0 Å². The summed E-state index contributed by atoms with van der Waals surface area (Å²) in [6.07, 6.45) is -4.64. The van der Waals surface area contributed by atoms with E-state index in [4.69, 9.17) is 5.11 Å². The number of phenolic OH excluding ortho intramolecular Hbond substituents is 1. The average molecular weight is 194 g/mol. The zero-order valence-electron chi connectivity index (χ0n) is 6.61. The van der Waals surface area contributed by atoms with Crippen LogP contribution >= 0.6 is 0 Å². The third-order valence-electron chi connectivity index (χ3n) is 1.63. The molecule has 0 spiro atoms. The van der Waals surface area contributed by atoms with Gasteiger partial charge in [-0.15, -0.1) is 0 Å². The van der Waals surface area contributed by atoms with E-state index >= 15 is 0 Å². The second-order valence-electron chi connectivity index (χ2n) is 2.60. The van der Waals surface area contributed by atoms with Crippen LogP contribution < -0.4 is 0 Å². The molecule has 0 radical (unpaired) electrons. The standard InChI is InChI=1S/C8H6F4O/c1-4-6(8(10,11)12)2-5(13)3-7(4)9/h2-3,13H,1H3. The van der Waals surface area contributed by atoms with Gasteiger partial charge >= 0.3 is 6.18 Å². The normalized spacial score (nSPS) is 11.8. The summed E-state index contributed by atoms with van der Waals surface area (Å²) < 4.78 is 49.1. The van der Waals surface area contributed by atoms with Crippen LogP contribution in [0.15, 0.2) is 12.1 Å². The molecule has 0 unspecified atom stereocenters. The molecule has 1 aromatic carbocycles. The molecule has 5 heteroatoms. The fourth-order valence-electron chi connectivity index (χ4n) is 0.959. The zero-order chi connectivity index (χ0) is 10.2. The minimum absolute atomic E-state index is 0.498. The predicted molar refractivity (Wildman–Crippen MR) is 37.8 cm³/mol. The van der Waals surface area contributed by atoms with E-state index < -0.39 is 28.9 Å². The van der Waals surface area contributed by atoms with Crippen molar-refractivity contribution < 1.29 is 22.7 Å². The number of aromatic hydroxyl groups is 1. The fourth-order valence-corrected chi connectivity index (χ4v) is 0.959. The summed E-state index contributed by atoms with van der Waals surface area (Å²) in [5, 5.41) is 8.74. The van der Waals surface area contributed by atoms with Crippen molar-refractivity contribution in [1.82, 2.24) is 0 Å². The van der Waals surface area contributed by atoms with Crippen LogP contribution in [0.3, 0.4) is 0 Å². The minimum atomic E-state index is -4.64. The lowest BCUT2D eigenvalue weighted by atomic mass is 10.1. The molecule has 1 rings (SSSR count). The SMILES string of the molecule is Cc1c(F)cc(O)cc1C(F)(F)F. The molecule has 1 aromatic rings. The third kappa shape index (κ3) is 1.91. The molecule has 0 amide bonds. The van der Waals surface area contributed by atoms with Gasteiger partial charge in [0.25, 0.3) is 0 Å². The Balaban J connectivity index is 3.37. The molecule has 0 bridgehead atoms. The van der Waals surface area contributed by atoms with Crippen molar-refractivity contribution in [3.05, 3.63) is 29.1 Å². The average Bonchev–Trinajstić information content (AvgIpc) is 1.94. The van der Waals surface area contributed by atoms with Gasteiger partial charge < -0.3 is 5.11 Å². The fraction of sp³-hybridized carbons (Fsp3) is 0.250. The lowest BCUT2D eigenvalue weighted by molar-refractivity contribution is -0.138. The van der Waals surface area contributed by atoms with Crippen LogP contribution in [0.2, 0.25) is 0 Å². The molecular weight excluding hydrogens is 188 g/mol. The highest BCUT2D eigenvalue weighted by Gasteiger charge is 2.33. The number of phenols is 1. The number of rotatable bonds is 0. The summed E-state index contributed by atoms with van der Waals surface area (Å²) in [4.78, 5) is 0. The van der Waals surface area contributed by atoms with Gasteiger partial charge in [0.2, 0.25) is 0 Å². The molecule has 0 saturated heterocycles. The Hall–Kier alpha value is -1.26. The molecule has 0 aliphatic heterocycles. The highest BCUT2D eigenvalue weighted by atomic mass is 19.4. The number of alkyl halides is 3. The molecule has 0 saturated carbocycles. The number of halogens is 4. The monoisotopic (exact) mass is 194 g/mol. The molecule has 72 valence electrons. The second kappa shape index (κ2) is 2.90. The van der Waals surface area contributed by atoms with Crippen LogP contribution in [0.25, 0.3) is 0 Å². The minimum Gasteiger partial charge on any atom is -0.508 e.